The van der Waals surface area contributed by atoms with E-state index >= 15 is 0 Å². The molecule has 3 nitrogen and oxygen atoms in total. The van der Waals surface area contributed by atoms with Gasteiger partial charge >= 0.3 is 0 Å². The molecule has 4 N–H and O–H groups in total. The summed E-state index contributed by atoms with van der Waals surface area (Å²) >= 11 is 4.34. The summed E-state index contributed by atoms with van der Waals surface area (Å²) in [5.74, 6) is 0. The van der Waals surface area contributed by atoms with E-state index in [1.54, 1.807) is 0 Å². The van der Waals surface area contributed by atoms with Crippen molar-refractivity contribution >= 4 is 12.6 Å². The van der Waals surface area contributed by atoms with Crippen LogP contribution in [0, 0.1) is 0 Å². The molecule has 1 rings (SSSR count). The highest BCUT2D eigenvalue weighted by molar-refractivity contribution is 7.80. The molecule has 3 atom stereocenters. The monoisotopic (exact) mass is 161 g/mol. The highest BCUT2D eigenvalue weighted by Crippen LogP contribution is 2.19. The number of rotatable bonds is 0. The van der Waals surface area contributed by atoms with Crippen LogP contribution in [0.5, 0.6) is 0 Å². The molecule has 0 bridgehead atoms. The van der Waals surface area contributed by atoms with Crippen LogP contribution >= 0.6 is 12.6 Å². The van der Waals surface area contributed by atoms with E-state index in [1.807, 2.05) is 11.9 Å². The molecule has 1 heterocycles. The Balaban J connectivity index is 2.49. The van der Waals surface area contributed by atoms with E-state index in [-0.39, 0.29) is 17.6 Å². The minimum absolute atomic E-state index is 0.0891. The van der Waals surface area contributed by atoms with Gasteiger partial charge in [-0.15, -0.1) is 0 Å². The van der Waals surface area contributed by atoms with Crippen molar-refractivity contribution in [1.29, 1.82) is 0 Å². The van der Waals surface area contributed by atoms with E-state index in [1.165, 1.54) is 0 Å². The maximum absolute atomic E-state index is 5.76. The normalized spacial score (nSPS) is 43.8. The van der Waals surface area contributed by atoms with Crippen molar-refractivity contribution in [1.82, 2.24) is 4.90 Å². The predicted octanol–water partition coefficient (Wildman–Crippen LogP) is -0.420. The van der Waals surface area contributed by atoms with Gasteiger partial charge in [0.1, 0.15) is 0 Å². The molecule has 0 aliphatic carbocycles. The fraction of sp³-hybridized carbons (Fsp3) is 1.00. The molecule has 60 valence electrons. The quantitative estimate of drug-likeness (QED) is 0.423. The molecule has 1 fully saturated rings. The topological polar surface area (TPSA) is 55.3 Å². The van der Waals surface area contributed by atoms with Crippen LogP contribution < -0.4 is 11.5 Å². The Hall–Kier alpha value is 0.230. The van der Waals surface area contributed by atoms with Crippen LogP contribution in [-0.4, -0.2) is 29.5 Å². The van der Waals surface area contributed by atoms with Gasteiger partial charge in [0.25, 0.3) is 0 Å². The summed E-state index contributed by atoms with van der Waals surface area (Å²) < 4.78 is 0. The van der Waals surface area contributed by atoms with E-state index in [0.29, 0.717) is 0 Å². The van der Waals surface area contributed by atoms with Crippen molar-refractivity contribution < 1.29 is 0 Å². The zero-order chi connectivity index (χ0) is 7.72. The molecule has 0 aromatic carbocycles. The predicted molar refractivity (Wildman–Crippen MR) is 45.7 cm³/mol. The molecule has 1 aliphatic rings. The van der Waals surface area contributed by atoms with Crippen LogP contribution in [0.1, 0.15) is 12.8 Å². The summed E-state index contributed by atoms with van der Waals surface area (Å²) in [6.07, 6.45) is 1.91. The van der Waals surface area contributed by atoms with E-state index in [0.717, 1.165) is 12.8 Å². The van der Waals surface area contributed by atoms with Gasteiger partial charge in [-0.05, 0) is 19.9 Å². The Morgan fingerprint density at radius 2 is 2.00 bits per heavy atom. The highest BCUT2D eigenvalue weighted by atomic mass is 32.1. The zero-order valence-corrected chi connectivity index (χ0v) is 7.09. The lowest BCUT2D eigenvalue weighted by atomic mass is 10.0. The number of hydrogen-bond acceptors (Lipinski definition) is 4. The molecule has 4 heteroatoms. The summed E-state index contributed by atoms with van der Waals surface area (Å²) in [6.45, 7) is 0. The maximum atomic E-state index is 5.76. The molecular weight excluding hydrogens is 146 g/mol. The van der Waals surface area contributed by atoms with Gasteiger partial charge in [-0.3, -0.25) is 4.90 Å². The third-order valence-corrected chi connectivity index (χ3v) is 2.63. The highest BCUT2D eigenvalue weighted by Gasteiger charge is 2.26. The Bertz CT molecular complexity index is 108. The molecule has 0 saturated carbocycles. The van der Waals surface area contributed by atoms with Gasteiger partial charge in [0, 0.05) is 6.04 Å². The minimum Gasteiger partial charge on any atom is -0.328 e. The van der Waals surface area contributed by atoms with Crippen LogP contribution in [0.3, 0.4) is 0 Å². The fourth-order valence-corrected chi connectivity index (χ4v) is 1.67. The van der Waals surface area contributed by atoms with Crippen molar-refractivity contribution in [2.24, 2.45) is 11.5 Å². The lowest BCUT2D eigenvalue weighted by Gasteiger charge is -2.37. The molecule has 0 amide bonds. The number of thiol groups is 1. The maximum Gasteiger partial charge on any atom is 0.0593 e. The minimum atomic E-state index is 0.0891. The smallest absolute Gasteiger partial charge is 0.0593 e. The summed E-state index contributed by atoms with van der Waals surface area (Å²) in [5.41, 5.74) is 11.5. The number of piperidine rings is 1. The first-order valence-electron chi connectivity index (χ1n) is 3.52. The van der Waals surface area contributed by atoms with Crippen molar-refractivity contribution in [3.63, 3.8) is 0 Å². The number of likely N-dealkylation sites (tertiary alicyclic amines) is 1. The summed E-state index contributed by atoms with van der Waals surface area (Å²) in [7, 11) is 1.98. The first-order chi connectivity index (χ1) is 4.61. The Morgan fingerprint density at radius 3 is 2.50 bits per heavy atom. The molecule has 10 heavy (non-hydrogen) atoms. The van der Waals surface area contributed by atoms with Gasteiger partial charge < -0.3 is 11.5 Å². The molecule has 0 spiro atoms. The van der Waals surface area contributed by atoms with E-state index < -0.39 is 0 Å². The summed E-state index contributed by atoms with van der Waals surface area (Å²) in [5, 5.41) is 0.235. The van der Waals surface area contributed by atoms with Crippen molar-refractivity contribution in [3.05, 3.63) is 0 Å². The van der Waals surface area contributed by atoms with Crippen LogP contribution in [0.2, 0.25) is 0 Å². The van der Waals surface area contributed by atoms with Crippen molar-refractivity contribution in [3.8, 4) is 0 Å². The molecule has 1 saturated heterocycles. The van der Waals surface area contributed by atoms with Gasteiger partial charge in [0.05, 0.1) is 11.5 Å². The summed E-state index contributed by atoms with van der Waals surface area (Å²) in [6, 6.07) is 0.230. The van der Waals surface area contributed by atoms with E-state index in [9.17, 15) is 0 Å². The van der Waals surface area contributed by atoms with E-state index in [2.05, 4.69) is 12.6 Å². The largest absolute Gasteiger partial charge is 0.328 e. The van der Waals surface area contributed by atoms with Crippen molar-refractivity contribution in [2.45, 2.75) is 30.4 Å². The van der Waals surface area contributed by atoms with Gasteiger partial charge in [0.2, 0.25) is 0 Å². The standard InChI is InChI=1S/C6H15N3S/c1-9-5(8)2-4(7)3-6(9)10/h4-6,10H,2-3,7-8H2,1H3. The molecule has 3 unspecified atom stereocenters. The SMILES string of the molecule is CN1C(N)CC(N)CC1S. The molecule has 0 radical (unpaired) electrons. The van der Waals surface area contributed by atoms with Crippen molar-refractivity contribution in [2.75, 3.05) is 7.05 Å². The molecule has 0 aromatic heterocycles. The van der Waals surface area contributed by atoms with Crippen LogP contribution in [0.15, 0.2) is 0 Å². The fourth-order valence-electron chi connectivity index (χ4n) is 1.23. The van der Waals surface area contributed by atoms with Gasteiger partial charge in [-0.25, -0.2) is 0 Å². The second-order valence-electron chi connectivity index (χ2n) is 2.94. The van der Waals surface area contributed by atoms with Gasteiger partial charge in [0.15, 0.2) is 0 Å². The molecule has 1 aliphatic heterocycles. The molecule has 0 aromatic rings. The second kappa shape index (κ2) is 3.09. The summed E-state index contributed by atoms with van der Waals surface area (Å²) in [4.78, 5) is 2.05. The average molecular weight is 161 g/mol. The number of hydrogen-bond donors (Lipinski definition) is 3. The zero-order valence-electron chi connectivity index (χ0n) is 6.20. The third-order valence-electron chi connectivity index (χ3n) is 2.05. The number of nitrogens with two attached hydrogens (primary N) is 2. The van der Waals surface area contributed by atoms with E-state index in [4.69, 9.17) is 11.5 Å². The Kier molecular flexibility index (Phi) is 2.57. The number of nitrogens with zero attached hydrogens (tertiary/aromatic N) is 1. The second-order valence-corrected chi connectivity index (χ2v) is 3.54. The lowest BCUT2D eigenvalue weighted by molar-refractivity contribution is 0.156. The average Bonchev–Trinajstić information content (AvgIpc) is 1.82. The Labute approximate surface area is 67.2 Å². The lowest BCUT2D eigenvalue weighted by Crippen LogP contribution is -2.52. The Morgan fingerprint density at radius 1 is 1.40 bits per heavy atom. The van der Waals surface area contributed by atoms with Gasteiger partial charge in [-0.1, -0.05) is 0 Å². The third kappa shape index (κ3) is 1.63. The first kappa shape index (κ1) is 8.33. The first-order valence-corrected chi connectivity index (χ1v) is 4.04. The van der Waals surface area contributed by atoms with Gasteiger partial charge in [-0.2, -0.15) is 12.6 Å². The van der Waals surface area contributed by atoms with Crippen LogP contribution in [0.25, 0.3) is 0 Å². The van der Waals surface area contributed by atoms with Crippen LogP contribution in [-0.2, 0) is 0 Å². The molecular formula is C6H15N3S. The van der Waals surface area contributed by atoms with Crippen LogP contribution in [0.4, 0.5) is 0 Å².